The Morgan fingerprint density at radius 1 is 1.15 bits per heavy atom. The average molecular weight is 379 g/mol. The van der Waals surface area contributed by atoms with Gasteiger partial charge in [-0.05, 0) is 43.0 Å². The molecular formula is C21H22N4OS. The lowest BCUT2D eigenvalue weighted by atomic mass is 10.2. The molecule has 4 aromatic rings. The highest BCUT2D eigenvalue weighted by Gasteiger charge is 2.23. The Morgan fingerprint density at radius 3 is 2.63 bits per heavy atom. The standard InChI is InChI=1S/C21H22N4OS/c1-3-12-22-20(26)17-14-16-19(18-11-8-13-27-18)23-25(21(16)24(17)4-2)15-9-6-5-7-10-15/h5-11,13-14H,3-4,12H2,1-2H3,(H,22,26). The van der Waals surface area contributed by atoms with E-state index in [0.717, 1.165) is 33.7 Å². The second-order valence-corrected chi connectivity index (χ2v) is 7.29. The van der Waals surface area contributed by atoms with E-state index in [2.05, 4.69) is 29.8 Å². The summed E-state index contributed by atoms with van der Waals surface area (Å²) in [6.07, 6.45) is 0.913. The summed E-state index contributed by atoms with van der Waals surface area (Å²) in [4.78, 5) is 13.8. The minimum absolute atomic E-state index is 0.0355. The summed E-state index contributed by atoms with van der Waals surface area (Å²) >= 11 is 1.66. The van der Waals surface area contributed by atoms with Gasteiger partial charge in [0.2, 0.25) is 0 Å². The zero-order valence-corrected chi connectivity index (χ0v) is 16.3. The van der Waals surface area contributed by atoms with Gasteiger partial charge in [-0.2, -0.15) is 5.10 Å². The topological polar surface area (TPSA) is 51.9 Å². The quantitative estimate of drug-likeness (QED) is 0.528. The number of thiophene rings is 1. The Bertz CT molecular complexity index is 1060. The van der Waals surface area contributed by atoms with Gasteiger partial charge in [-0.3, -0.25) is 4.79 Å². The molecule has 0 saturated heterocycles. The minimum Gasteiger partial charge on any atom is -0.351 e. The maximum absolute atomic E-state index is 12.7. The van der Waals surface area contributed by atoms with E-state index < -0.39 is 0 Å². The smallest absolute Gasteiger partial charge is 0.267 e. The van der Waals surface area contributed by atoms with Crippen molar-refractivity contribution >= 4 is 28.3 Å². The van der Waals surface area contributed by atoms with Gasteiger partial charge in [0.25, 0.3) is 5.91 Å². The molecule has 1 N–H and O–H groups in total. The normalized spacial score (nSPS) is 11.2. The highest BCUT2D eigenvalue weighted by Crippen LogP contribution is 2.34. The molecule has 0 aliphatic rings. The number of benzene rings is 1. The molecule has 0 fully saturated rings. The maximum atomic E-state index is 12.7. The summed E-state index contributed by atoms with van der Waals surface area (Å²) in [6.45, 7) is 5.48. The van der Waals surface area contributed by atoms with Crippen molar-refractivity contribution in [2.45, 2.75) is 26.8 Å². The van der Waals surface area contributed by atoms with Crippen LogP contribution in [0.1, 0.15) is 30.8 Å². The highest BCUT2D eigenvalue weighted by atomic mass is 32.1. The predicted octanol–water partition coefficient (Wildman–Crippen LogP) is 4.72. The number of rotatable bonds is 6. The summed E-state index contributed by atoms with van der Waals surface area (Å²) in [5.74, 6) is -0.0355. The number of aryl methyl sites for hydroxylation is 1. The van der Waals surface area contributed by atoms with Crippen LogP contribution in [-0.4, -0.2) is 26.8 Å². The number of carbonyl (C=O) groups is 1. The molecule has 0 bridgehead atoms. The fourth-order valence-corrected chi connectivity index (χ4v) is 4.05. The number of nitrogens with one attached hydrogen (secondary N) is 1. The maximum Gasteiger partial charge on any atom is 0.267 e. The molecule has 0 aliphatic carbocycles. The molecule has 0 aliphatic heterocycles. The molecule has 0 atom stereocenters. The zero-order chi connectivity index (χ0) is 18.8. The van der Waals surface area contributed by atoms with Crippen molar-refractivity contribution in [2.24, 2.45) is 0 Å². The van der Waals surface area contributed by atoms with Crippen molar-refractivity contribution in [2.75, 3.05) is 6.54 Å². The molecule has 5 nitrogen and oxygen atoms in total. The second kappa shape index (κ2) is 7.40. The van der Waals surface area contributed by atoms with Gasteiger partial charge in [-0.25, -0.2) is 4.68 Å². The van der Waals surface area contributed by atoms with Crippen LogP contribution in [0.15, 0.2) is 53.9 Å². The number of para-hydroxylation sites is 1. The van der Waals surface area contributed by atoms with Crippen molar-refractivity contribution in [3.8, 4) is 16.3 Å². The fraction of sp³-hybridized carbons (Fsp3) is 0.238. The number of hydrogen-bond donors (Lipinski definition) is 1. The van der Waals surface area contributed by atoms with E-state index in [1.807, 2.05) is 52.5 Å². The molecule has 4 rings (SSSR count). The molecule has 1 amide bonds. The van der Waals surface area contributed by atoms with E-state index in [0.29, 0.717) is 18.8 Å². The van der Waals surface area contributed by atoms with Crippen molar-refractivity contribution in [1.82, 2.24) is 19.7 Å². The lowest BCUT2D eigenvalue weighted by Gasteiger charge is -2.10. The molecule has 27 heavy (non-hydrogen) atoms. The van der Waals surface area contributed by atoms with Crippen LogP contribution in [-0.2, 0) is 6.54 Å². The SMILES string of the molecule is CCCNC(=O)c1cc2c(-c3cccs3)nn(-c3ccccc3)c2n1CC. The average Bonchev–Trinajstić information content (AvgIpc) is 3.42. The number of fused-ring (bicyclic) bond motifs is 1. The van der Waals surface area contributed by atoms with Gasteiger partial charge >= 0.3 is 0 Å². The van der Waals surface area contributed by atoms with Crippen molar-refractivity contribution < 1.29 is 4.79 Å². The van der Waals surface area contributed by atoms with Crippen LogP contribution in [0.3, 0.4) is 0 Å². The van der Waals surface area contributed by atoms with E-state index in [1.165, 1.54) is 0 Å². The Kier molecular flexibility index (Phi) is 4.81. The molecule has 3 aromatic heterocycles. The summed E-state index contributed by atoms with van der Waals surface area (Å²) in [7, 11) is 0. The summed E-state index contributed by atoms with van der Waals surface area (Å²) in [6, 6.07) is 16.1. The van der Waals surface area contributed by atoms with Crippen molar-refractivity contribution in [1.29, 1.82) is 0 Å². The number of carbonyl (C=O) groups excluding carboxylic acids is 1. The molecule has 0 saturated carbocycles. The fourth-order valence-electron chi connectivity index (χ4n) is 3.32. The van der Waals surface area contributed by atoms with Crippen LogP contribution in [0.5, 0.6) is 0 Å². The Balaban J connectivity index is 1.97. The molecule has 0 unspecified atom stereocenters. The van der Waals surface area contributed by atoms with E-state index in [9.17, 15) is 4.79 Å². The van der Waals surface area contributed by atoms with Gasteiger partial charge in [0.15, 0.2) is 0 Å². The first-order valence-corrected chi connectivity index (χ1v) is 10.1. The molecule has 138 valence electrons. The number of amides is 1. The first-order chi connectivity index (χ1) is 13.2. The largest absolute Gasteiger partial charge is 0.351 e. The van der Waals surface area contributed by atoms with Gasteiger partial charge in [0.1, 0.15) is 17.0 Å². The second-order valence-electron chi connectivity index (χ2n) is 6.34. The Morgan fingerprint density at radius 2 is 1.96 bits per heavy atom. The summed E-state index contributed by atoms with van der Waals surface area (Å²) in [5.41, 5.74) is 3.54. The van der Waals surface area contributed by atoms with Gasteiger partial charge in [0.05, 0.1) is 10.6 Å². The molecule has 3 heterocycles. The van der Waals surface area contributed by atoms with Gasteiger partial charge in [0, 0.05) is 18.5 Å². The van der Waals surface area contributed by atoms with Gasteiger partial charge < -0.3 is 9.88 Å². The van der Waals surface area contributed by atoms with Gasteiger partial charge in [-0.15, -0.1) is 11.3 Å². The van der Waals surface area contributed by atoms with Gasteiger partial charge in [-0.1, -0.05) is 31.2 Å². The van der Waals surface area contributed by atoms with Crippen molar-refractivity contribution in [3.63, 3.8) is 0 Å². The Hall–Kier alpha value is -2.86. The third-order valence-corrected chi connectivity index (χ3v) is 5.44. The zero-order valence-electron chi connectivity index (χ0n) is 15.5. The minimum atomic E-state index is -0.0355. The highest BCUT2D eigenvalue weighted by molar-refractivity contribution is 7.13. The van der Waals surface area contributed by atoms with Crippen LogP contribution in [0.2, 0.25) is 0 Å². The van der Waals surface area contributed by atoms with E-state index >= 15 is 0 Å². The van der Waals surface area contributed by atoms with Crippen molar-refractivity contribution in [3.05, 3.63) is 59.6 Å². The Labute approximate surface area is 162 Å². The van der Waals surface area contributed by atoms with Crippen LogP contribution < -0.4 is 5.32 Å². The third-order valence-electron chi connectivity index (χ3n) is 4.56. The molecule has 0 spiro atoms. The number of hydrogen-bond acceptors (Lipinski definition) is 3. The first-order valence-electron chi connectivity index (χ1n) is 9.24. The van der Waals surface area contributed by atoms with E-state index in [-0.39, 0.29) is 5.91 Å². The molecule has 1 aromatic carbocycles. The monoisotopic (exact) mass is 378 g/mol. The van der Waals surface area contributed by atoms with E-state index in [4.69, 9.17) is 5.10 Å². The number of aromatic nitrogens is 3. The first kappa shape index (κ1) is 17.5. The van der Waals surface area contributed by atoms with Crippen LogP contribution in [0.4, 0.5) is 0 Å². The summed E-state index contributed by atoms with van der Waals surface area (Å²) in [5, 5.41) is 11.0. The van der Waals surface area contributed by atoms with Crippen LogP contribution >= 0.6 is 11.3 Å². The molecule has 0 radical (unpaired) electrons. The summed E-state index contributed by atoms with van der Waals surface area (Å²) < 4.78 is 4.00. The lowest BCUT2D eigenvalue weighted by molar-refractivity contribution is 0.0945. The van der Waals surface area contributed by atoms with Crippen LogP contribution in [0.25, 0.3) is 27.3 Å². The predicted molar refractivity (Wildman–Crippen MR) is 111 cm³/mol. The molecular weight excluding hydrogens is 356 g/mol. The van der Waals surface area contributed by atoms with E-state index in [1.54, 1.807) is 11.3 Å². The lowest BCUT2D eigenvalue weighted by Crippen LogP contribution is -2.26. The molecule has 6 heteroatoms. The number of nitrogens with zero attached hydrogens (tertiary/aromatic N) is 3. The van der Waals surface area contributed by atoms with Crippen LogP contribution in [0, 0.1) is 0 Å². The third kappa shape index (κ3) is 3.06.